The summed E-state index contributed by atoms with van der Waals surface area (Å²) in [5.41, 5.74) is 1.68. The molecule has 4 aromatic rings. The van der Waals surface area contributed by atoms with Gasteiger partial charge in [0.05, 0.1) is 29.6 Å². The second-order valence-electron chi connectivity index (χ2n) is 5.32. The van der Waals surface area contributed by atoms with E-state index in [1.807, 2.05) is 29.6 Å². The van der Waals surface area contributed by atoms with Crippen LogP contribution in [0, 0.1) is 0 Å². The molecule has 0 atom stereocenters. The standard InChI is InChI=1S/C17H14N4OS2/c1-2-12-7-13-15(24-12)19-10-21(17(13)22)8-11-9-23-16(20-11)14-5-3-4-6-18-14/h3-7,9-10H,2,8H2,1H3. The highest BCUT2D eigenvalue weighted by molar-refractivity contribution is 7.18. The Kier molecular flexibility index (Phi) is 3.95. The third-order valence-corrected chi connectivity index (χ3v) is 5.79. The largest absolute Gasteiger partial charge is 0.293 e. The summed E-state index contributed by atoms with van der Waals surface area (Å²) in [5.74, 6) is 0. The number of rotatable bonds is 4. The van der Waals surface area contributed by atoms with E-state index in [-0.39, 0.29) is 5.56 Å². The third kappa shape index (κ3) is 2.76. The van der Waals surface area contributed by atoms with Crippen molar-refractivity contribution in [2.24, 2.45) is 0 Å². The highest BCUT2D eigenvalue weighted by Gasteiger charge is 2.11. The van der Waals surface area contributed by atoms with E-state index in [1.165, 1.54) is 16.2 Å². The van der Waals surface area contributed by atoms with E-state index in [2.05, 4.69) is 21.9 Å². The number of fused-ring (bicyclic) bond motifs is 1. The van der Waals surface area contributed by atoms with Gasteiger partial charge in [-0.25, -0.2) is 9.97 Å². The molecule has 0 aliphatic rings. The fourth-order valence-corrected chi connectivity index (χ4v) is 4.17. The SMILES string of the molecule is CCc1cc2c(=O)n(Cc3csc(-c4ccccn4)n3)cnc2s1. The predicted molar refractivity (Wildman–Crippen MR) is 97.7 cm³/mol. The van der Waals surface area contributed by atoms with Crippen LogP contribution < -0.4 is 5.56 Å². The fourth-order valence-electron chi connectivity index (χ4n) is 2.46. The summed E-state index contributed by atoms with van der Waals surface area (Å²) in [6, 6.07) is 7.70. The number of thiazole rings is 1. The predicted octanol–water partition coefficient (Wildman–Crippen LogP) is 3.59. The Morgan fingerprint density at radius 3 is 2.96 bits per heavy atom. The minimum atomic E-state index is -0.0108. The van der Waals surface area contributed by atoms with Crippen LogP contribution in [-0.2, 0) is 13.0 Å². The molecule has 7 heteroatoms. The molecule has 0 saturated heterocycles. The maximum Gasteiger partial charge on any atom is 0.262 e. The molecule has 0 aromatic carbocycles. The minimum absolute atomic E-state index is 0.0108. The van der Waals surface area contributed by atoms with Crippen molar-refractivity contribution in [2.45, 2.75) is 19.9 Å². The van der Waals surface area contributed by atoms with Gasteiger partial charge in [-0.1, -0.05) is 13.0 Å². The zero-order chi connectivity index (χ0) is 16.5. The van der Waals surface area contributed by atoms with Crippen molar-refractivity contribution in [1.29, 1.82) is 0 Å². The summed E-state index contributed by atoms with van der Waals surface area (Å²) in [6.07, 6.45) is 4.28. The van der Waals surface area contributed by atoms with Crippen LogP contribution in [0.3, 0.4) is 0 Å². The van der Waals surface area contributed by atoms with E-state index in [0.29, 0.717) is 11.9 Å². The van der Waals surface area contributed by atoms with E-state index >= 15 is 0 Å². The van der Waals surface area contributed by atoms with Crippen molar-refractivity contribution in [3.63, 3.8) is 0 Å². The zero-order valence-electron chi connectivity index (χ0n) is 13.0. The molecule has 0 radical (unpaired) electrons. The Labute approximate surface area is 146 Å². The Bertz CT molecular complexity index is 1050. The van der Waals surface area contributed by atoms with Crippen LogP contribution in [0.25, 0.3) is 20.9 Å². The number of hydrogen-bond acceptors (Lipinski definition) is 6. The average molecular weight is 354 g/mol. The van der Waals surface area contributed by atoms with Crippen molar-refractivity contribution in [1.82, 2.24) is 19.5 Å². The Balaban J connectivity index is 1.66. The summed E-state index contributed by atoms with van der Waals surface area (Å²) in [4.78, 5) is 27.9. The van der Waals surface area contributed by atoms with Gasteiger partial charge in [-0.05, 0) is 24.6 Å². The zero-order valence-corrected chi connectivity index (χ0v) is 14.6. The lowest BCUT2D eigenvalue weighted by Crippen LogP contribution is -2.20. The lowest BCUT2D eigenvalue weighted by molar-refractivity contribution is 0.735. The molecule has 0 aliphatic carbocycles. The number of thiophene rings is 1. The Morgan fingerprint density at radius 1 is 1.25 bits per heavy atom. The van der Waals surface area contributed by atoms with Crippen molar-refractivity contribution in [3.8, 4) is 10.7 Å². The molecule has 0 N–H and O–H groups in total. The van der Waals surface area contributed by atoms with Crippen LogP contribution >= 0.6 is 22.7 Å². The maximum atomic E-state index is 12.6. The van der Waals surface area contributed by atoms with Gasteiger partial charge < -0.3 is 0 Å². The van der Waals surface area contributed by atoms with Gasteiger partial charge in [0.2, 0.25) is 0 Å². The van der Waals surface area contributed by atoms with Crippen LogP contribution in [0.2, 0.25) is 0 Å². The van der Waals surface area contributed by atoms with Gasteiger partial charge in [0.1, 0.15) is 9.84 Å². The summed E-state index contributed by atoms with van der Waals surface area (Å²) in [5, 5.41) is 3.52. The maximum absolute atomic E-state index is 12.6. The van der Waals surface area contributed by atoms with E-state index in [9.17, 15) is 4.79 Å². The van der Waals surface area contributed by atoms with Gasteiger partial charge in [0.25, 0.3) is 5.56 Å². The Morgan fingerprint density at radius 2 is 2.17 bits per heavy atom. The van der Waals surface area contributed by atoms with Gasteiger partial charge in [0.15, 0.2) is 0 Å². The number of pyridine rings is 1. The van der Waals surface area contributed by atoms with Crippen LogP contribution in [0.4, 0.5) is 0 Å². The van der Waals surface area contributed by atoms with Gasteiger partial charge in [-0.15, -0.1) is 22.7 Å². The van der Waals surface area contributed by atoms with Crippen LogP contribution in [-0.4, -0.2) is 19.5 Å². The second kappa shape index (κ2) is 6.26. The van der Waals surface area contributed by atoms with Crippen molar-refractivity contribution in [3.05, 3.63) is 63.1 Å². The lowest BCUT2D eigenvalue weighted by atomic mass is 10.3. The smallest absolute Gasteiger partial charge is 0.262 e. The molecule has 0 aliphatic heterocycles. The molecule has 24 heavy (non-hydrogen) atoms. The summed E-state index contributed by atoms with van der Waals surface area (Å²) >= 11 is 3.11. The highest BCUT2D eigenvalue weighted by atomic mass is 32.1. The molecule has 4 rings (SSSR count). The van der Waals surface area contributed by atoms with Crippen molar-refractivity contribution >= 4 is 32.9 Å². The second-order valence-corrected chi connectivity index (χ2v) is 7.29. The van der Waals surface area contributed by atoms with Gasteiger partial charge >= 0.3 is 0 Å². The highest BCUT2D eigenvalue weighted by Crippen LogP contribution is 2.23. The third-order valence-electron chi connectivity index (χ3n) is 3.69. The van der Waals surface area contributed by atoms with E-state index in [4.69, 9.17) is 0 Å². The van der Waals surface area contributed by atoms with Gasteiger partial charge in [-0.2, -0.15) is 0 Å². The van der Waals surface area contributed by atoms with Crippen LogP contribution in [0.5, 0.6) is 0 Å². The number of aromatic nitrogens is 4. The molecule has 4 aromatic heterocycles. The molecule has 0 fully saturated rings. The molecule has 120 valence electrons. The molecule has 0 saturated carbocycles. The molecule has 0 bridgehead atoms. The first-order chi connectivity index (χ1) is 11.7. The molecule has 0 unspecified atom stereocenters. The van der Waals surface area contributed by atoms with Crippen molar-refractivity contribution in [2.75, 3.05) is 0 Å². The fraction of sp³-hybridized carbons (Fsp3) is 0.176. The normalized spacial score (nSPS) is 11.2. The molecule has 5 nitrogen and oxygen atoms in total. The van der Waals surface area contributed by atoms with E-state index < -0.39 is 0 Å². The number of aryl methyl sites for hydroxylation is 1. The van der Waals surface area contributed by atoms with Gasteiger partial charge in [-0.3, -0.25) is 14.3 Å². The number of nitrogens with zero attached hydrogens (tertiary/aromatic N) is 4. The topological polar surface area (TPSA) is 60.7 Å². The first kappa shape index (κ1) is 15.2. The lowest BCUT2D eigenvalue weighted by Gasteiger charge is -2.02. The molecular weight excluding hydrogens is 340 g/mol. The van der Waals surface area contributed by atoms with Crippen LogP contribution in [0.15, 0.2) is 47.0 Å². The van der Waals surface area contributed by atoms with E-state index in [1.54, 1.807) is 28.4 Å². The molecule has 4 heterocycles. The summed E-state index contributed by atoms with van der Waals surface area (Å²) in [7, 11) is 0. The average Bonchev–Trinajstić information content (AvgIpc) is 3.25. The number of hydrogen-bond donors (Lipinski definition) is 0. The van der Waals surface area contributed by atoms with Crippen molar-refractivity contribution < 1.29 is 0 Å². The Hall–Kier alpha value is -2.38. The van der Waals surface area contributed by atoms with Gasteiger partial charge in [0, 0.05) is 16.5 Å². The summed E-state index contributed by atoms with van der Waals surface area (Å²) in [6.45, 7) is 2.50. The molecule has 0 spiro atoms. The minimum Gasteiger partial charge on any atom is -0.293 e. The monoisotopic (exact) mass is 354 g/mol. The first-order valence-electron chi connectivity index (χ1n) is 7.58. The first-order valence-corrected chi connectivity index (χ1v) is 9.28. The quantitative estimate of drug-likeness (QED) is 0.562. The molecular formula is C17H14N4OS2. The van der Waals surface area contributed by atoms with Crippen LogP contribution in [0.1, 0.15) is 17.5 Å². The summed E-state index contributed by atoms with van der Waals surface area (Å²) < 4.78 is 1.62. The molecule has 0 amide bonds. The van der Waals surface area contributed by atoms with E-state index in [0.717, 1.165) is 27.6 Å².